The van der Waals surface area contributed by atoms with Crippen LogP contribution in [0.2, 0.25) is 0 Å². The highest BCUT2D eigenvalue weighted by Crippen LogP contribution is 2.26. The summed E-state index contributed by atoms with van der Waals surface area (Å²) in [5, 5.41) is 0. The minimum atomic E-state index is -0.209. The van der Waals surface area contributed by atoms with E-state index in [1.165, 1.54) is 6.07 Å². The Hall–Kier alpha value is -0.900. The Kier molecular flexibility index (Phi) is 6.33. The molecular weight excluding hydrogens is 297 g/mol. The smallest absolute Gasteiger partial charge is 0.147 e. The first-order valence-corrected chi connectivity index (χ1v) is 7.15. The van der Waals surface area contributed by atoms with Crippen molar-refractivity contribution < 1.29 is 9.18 Å². The van der Waals surface area contributed by atoms with Gasteiger partial charge in [-0.3, -0.25) is 0 Å². The second-order valence-corrected chi connectivity index (χ2v) is 4.97. The van der Waals surface area contributed by atoms with E-state index in [0.29, 0.717) is 5.69 Å². The van der Waals surface area contributed by atoms with Crippen LogP contribution >= 0.6 is 15.9 Å². The van der Waals surface area contributed by atoms with Crippen LogP contribution in [0, 0.1) is 11.7 Å². The lowest BCUT2D eigenvalue weighted by Gasteiger charge is -2.31. The molecule has 1 aliphatic heterocycles. The van der Waals surface area contributed by atoms with Crippen molar-refractivity contribution in [3.8, 4) is 0 Å². The topological polar surface area (TPSA) is 20.3 Å². The molecule has 0 unspecified atom stereocenters. The van der Waals surface area contributed by atoms with Gasteiger partial charge < -0.3 is 9.69 Å². The summed E-state index contributed by atoms with van der Waals surface area (Å²) in [5.74, 6) is -0.0614. The number of aldehydes is 1. The normalized spacial score (nSPS) is 15.9. The number of hydrogen-bond donors (Lipinski definition) is 0. The number of hydrogen-bond acceptors (Lipinski definition) is 2. The van der Waals surface area contributed by atoms with E-state index in [4.69, 9.17) is 0 Å². The van der Waals surface area contributed by atoms with Gasteiger partial charge in [0.25, 0.3) is 0 Å². The van der Waals surface area contributed by atoms with Crippen molar-refractivity contribution in [3.63, 3.8) is 0 Å². The number of anilines is 1. The Balaban J connectivity index is 0.000000771. The largest absolute Gasteiger partial charge is 0.369 e. The zero-order valence-electron chi connectivity index (χ0n) is 10.8. The van der Waals surface area contributed by atoms with Crippen LogP contribution in [-0.2, 0) is 4.79 Å². The highest BCUT2D eigenvalue weighted by molar-refractivity contribution is 9.10. The van der Waals surface area contributed by atoms with Crippen LogP contribution in [0.5, 0.6) is 0 Å². The van der Waals surface area contributed by atoms with Gasteiger partial charge in [-0.25, -0.2) is 4.39 Å². The first-order valence-electron chi connectivity index (χ1n) is 6.36. The van der Waals surface area contributed by atoms with Gasteiger partial charge in [-0.15, -0.1) is 0 Å². The fourth-order valence-electron chi connectivity index (χ4n) is 2.01. The second-order valence-electron chi connectivity index (χ2n) is 4.06. The molecule has 1 aromatic carbocycles. The van der Waals surface area contributed by atoms with Crippen molar-refractivity contribution in [1.29, 1.82) is 0 Å². The first kappa shape index (κ1) is 15.2. The van der Waals surface area contributed by atoms with Crippen LogP contribution in [0.1, 0.15) is 26.7 Å². The number of benzene rings is 1. The molecule has 0 aromatic heterocycles. The fourth-order valence-corrected chi connectivity index (χ4v) is 2.35. The van der Waals surface area contributed by atoms with Gasteiger partial charge >= 0.3 is 0 Å². The van der Waals surface area contributed by atoms with E-state index in [2.05, 4.69) is 15.9 Å². The Morgan fingerprint density at radius 3 is 2.44 bits per heavy atom. The van der Waals surface area contributed by atoms with E-state index < -0.39 is 0 Å². The molecule has 0 spiro atoms. The summed E-state index contributed by atoms with van der Waals surface area (Å²) in [5.41, 5.74) is 0.632. The van der Waals surface area contributed by atoms with Gasteiger partial charge in [0, 0.05) is 23.5 Å². The molecule has 1 saturated heterocycles. The fraction of sp³-hybridized carbons (Fsp3) is 0.500. The van der Waals surface area contributed by atoms with Gasteiger partial charge in [-0.05, 0) is 31.0 Å². The maximum absolute atomic E-state index is 13.7. The first-order chi connectivity index (χ1) is 8.70. The van der Waals surface area contributed by atoms with Gasteiger partial charge in [0.15, 0.2) is 0 Å². The molecule has 0 saturated carbocycles. The average Bonchev–Trinajstić information content (AvgIpc) is 2.41. The Bertz CT molecular complexity index is 389. The number of nitrogens with zero attached hydrogens (tertiary/aromatic N) is 1. The van der Waals surface area contributed by atoms with Crippen molar-refractivity contribution in [2.75, 3.05) is 18.0 Å². The summed E-state index contributed by atoms with van der Waals surface area (Å²) in [6, 6.07) is 5.09. The quantitative estimate of drug-likeness (QED) is 0.768. The average molecular weight is 316 g/mol. The number of piperidine rings is 1. The molecule has 18 heavy (non-hydrogen) atoms. The van der Waals surface area contributed by atoms with Crippen LogP contribution in [0.15, 0.2) is 22.7 Å². The van der Waals surface area contributed by atoms with Crippen molar-refractivity contribution in [2.24, 2.45) is 5.92 Å². The predicted molar refractivity (Wildman–Crippen MR) is 76.4 cm³/mol. The van der Waals surface area contributed by atoms with Crippen molar-refractivity contribution in [1.82, 2.24) is 0 Å². The molecule has 1 heterocycles. The standard InChI is InChI=1S/C12H13BrFNO.C2H6/c13-10-1-2-12(11(14)7-10)15-5-3-9(8-16)4-6-15;1-2/h1-2,7-9H,3-6H2;1-2H3. The third kappa shape index (κ3) is 3.80. The zero-order valence-corrected chi connectivity index (χ0v) is 12.4. The molecular formula is C14H19BrFNO. The number of carbonyl (C=O) groups is 1. The number of rotatable bonds is 2. The maximum Gasteiger partial charge on any atom is 0.147 e. The molecule has 100 valence electrons. The zero-order chi connectivity index (χ0) is 13.5. The van der Waals surface area contributed by atoms with Gasteiger partial charge in [0.05, 0.1) is 5.69 Å². The van der Waals surface area contributed by atoms with Crippen molar-refractivity contribution in [2.45, 2.75) is 26.7 Å². The van der Waals surface area contributed by atoms with Gasteiger partial charge in [0.2, 0.25) is 0 Å². The second kappa shape index (κ2) is 7.52. The highest BCUT2D eigenvalue weighted by atomic mass is 79.9. The van der Waals surface area contributed by atoms with E-state index in [9.17, 15) is 9.18 Å². The third-order valence-electron chi connectivity index (χ3n) is 2.98. The lowest BCUT2D eigenvalue weighted by molar-refractivity contribution is -0.111. The lowest BCUT2D eigenvalue weighted by atomic mass is 9.98. The molecule has 0 N–H and O–H groups in total. The SMILES string of the molecule is CC.O=CC1CCN(c2ccc(Br)cc2F)CC1. The van der Waals surface area contributed by atoms with Crippen LogP contribution in [-0.4, -0.2) is 19.4 Å². The Morgan fingerprint density at radius 1 is 1.33 bits per heavy atom. The van der Waals surface area contributed by atoms with Gasteiger partial charge in [0.1, 0.15) is 12.1 Å². The molecule has 2 nitrogen and oxygen atoms in total. The predicted octanol–water partition coefficient (Wildman–Crippen LogP) is 4.03. The van der Waals surface area contributed by atoms with Crippen molar-refractivity contribution in [3.05, 3.63) is 28.5 Å². The number of halogens is 2. The van der Waals surface area contributed by atoms with E-state index in [1.54, 1.807) is 6.07 Å². The monoisotopic (exact) mass is 315 g/mol. The van der Waals surface area contributed by atoms with Crippen LogP contribution < -0.4 is 4.90 Å². The minimum absolute atomic E-state index is 0.148. The molecule has 2 rings (SSSR count). The molecule has 4 heteroatoms. The molecule has 0 radical (unpaired) electrons. The Morgan fingerprint density at radius 2 is 1.94 bits per heavy atom. The summed E-state index contributed by atoms with van der Waals surface area (Å²) in [6.45, 7) is 5.50. The molecule has 0 atom stereocenters. The lowest BCUT2D eigenvalue weighted by Crippen LogP contribution is -2.34. The van der Waals surface area contributed by atoms with Crippen LogP contribution in [0.25, 0.3) is 0 Å². The maximum atomic E-state index is 13.7. The molecule has 1 aromatic rings. The van der Waals surface area contributed by atoms with Crippen molar-refractivity contribution >= 4 is 27.9 Å². The number of carbonyl (C=O) groups excluding carboxylic acids is 1. The summed E-state index contributed by atoms with van der Waals surface area (Å²) in [4.78, 5) is 12.6. The summed E-state index contributed by atoms with van der Waals surface area (Å²) >= 11 is 3.24. The Labute approximate surface area is 116 Å². The molecule has 1 aliphatic rings. The molecule has 0 aliphatic carbocycles. The van der Waals surface area contributed by atoms with Gasteiger partial charge in [-0.1, -0.05) is 29.8 Å². The van der Waals surface area contributed by atoms with Crippen LogP contribution in [0.3, 0.4) is 0 Å². The van der Waals surface area contributed by atoms with Gasteiger partial charge in [-0.2, -0.15) is 0 Å². The van der Waals surface area contributed by atoms with E-state index in [1.807, 2.05) is 24.8 Å². The van der Waals surface area contributed by atoms with E-state index >= 15 is 0 Å². The van der Waals surface area contributed by atoms with E-state index in [0.717, 1.165) is 36.7 Å². The minimum Gasteiger partial charge on any atom is -0.369 e. The highest BCUT2D eigenvalue weighted by Gasteiger charge is 2.20. The molecule has 1 fully saturated rings. The summed E-state index contributed by atoms with van der Waals surface area (Å²) in [7, 11) is 0. The third-order valence-corrected chi connectivity index (χ3v) is 3.48. The summed E-state index contributed by atoms with van der Waals surface area (Å²) < 4.78 is 14.4. The van der Waals surface area contributed by atoms with E-state index in [-0.39, 0.29) is 11.7 Å². The molecule has 0 bridgehead atoms. The summed E-state index contributed by atoms with van der Waals surface area (Å²) in [6.07, 6.45) is 2.65. The van der Waals surface area contributed by atoms with Crippen LogP contribution in [0.4, 0.5) is 10.1 Å². The molecule has 0 amide bonds.